The molecular weight excluding hydrogens is 220 g/mol. The third-order valence-corrected chi connectivity index (χ3v) is 2.11. The number of carbonyl (C=O) groups excluding carboxylic acids is 4. The Bertz CT molecular complexity index is 366. The summed E-state index contributed by atoms with van der Waals surface area (Å²) in [6, 6.07) is -1.44. The number of piperazine rings is 1. The summed E-state index contributed by atoms with van der Waals surface area (Å²) in [5.74, 6) is -3.00. The van der Waals surface area contributed by atoms with Crippen LogP contribution in [0.15, 0.2) is 0 Å². The Hall–Kier alpha value is -2.25. The van der Waals surface area contributed by atoms with E-state index in [9.17, 15) is 24.0 Å². The van der Waals surface area contributed by atoms with Gasteiger partial charge in [0.1, 0.15) is 12.6 Å². The van der Waals surface area contributed by atoms with Gasteiger partial charge < -0.3 is 5.11 Å². The minimum atomic E-state index is -1.44. The van der Waals surface area contributed by atoms with Crippen LogP contribution in [-0.4, -0.2) is 58.1 Å². The second kappa shape index (κ2) is 4.51. The molecule has 16 heavy (non-hydrogen) atoms. The first-order chi connectivity index (χ1) is 7.51. The number of nitrogens with zero attached hydrogens (tertiary/aromatic N) is 2. The summed E-state index contributed by atoms with van der Waals surface area (Å²) < 4.78 is 0. The van der Waals surface area contributed by atoms with Gasteiger partial charge in [0.15, 0.2) is 0 Å². The molecule has 0 bridgehead atoms. The van der Waals surface area contributed by atoms with E-state index in [0.717, 1.165) is 0 Å². The van der Waals surface area contributed by atoms with Crippen molar-refractivity contribution in [3.63, 3.8) is 0 Å². The molecule has 0 spiro atoms. The van der Waals surface area contributed by atoms with Crippen LogP contribution in [0.1, 0.15) is 6.42 Å². The predicted octanol–water partition coefficient (Wildman–Crippen LogP) is -2.19. The molecule has 1 N–H and O–H groups in total. The average Bonchev–Trinajstić information content (AvgIpc) is 2.22. The average molecular weight is 228 g/mol. The van der Waals surface area contributed by atoms with E-state index in [2.05, 4.69) is 0 Å². The van der Waals surface area contributed by atoms with Gasteiger partial charge in [-0.05, 0) is 0 Å². The van der Waals surface area contributed by atoms with E-state index in [4.69, 9.17) is 5.11 Å². The van der Waals surface area contributed by atoms with Crippen molar-refractivity contribution in [2.45, 2.75) is 12.5 Å². The molecule has 4 amide bonds. The number of carboxylic acid groups (broad SMARTS) is 1. The summed E-state index contributed by atoms with van der Waals surface area (Å²) in [6.07, 6.45) is -0.485. The number of imide groups is 2. The van der Waals surface area contributed by atoms with Crippen LogP contribution in [0.4, 0.5) is 0 Å². The van der Waals surface area contributed by atoms with Crippen LogP contribution in [0.3, 0.4) is 0 Å². The summed E-state index contributed by atoms with van der Waals surface area (Å²) in [6.45, 7) is -0.544. The first-order valence-corrected chi connectivity index (χ1v) is 4.25. The second-order valence-corrected chi connectivity index (χ2v) is 3.09. The Morgan fingerprint density at radius 3 is 2.44 bits per heavy atom. The quantitative estimate of drug-likeness (QED) is 0.547. The number of hydrogen-bond donors (Lipinski definition) is 1. The lowest BCUT2D eigenvalue weighted by Gasteiger charge is -2.33. The highest BCUT2D eigenvalue weighted by atomic mass is 16.4. The van der Waals surface area contributed by atoms with Gasteiger partial charge >= 0.3 is 5.97 Å². The highest BCUT2D eigenvalue weighted by molar-refractivity contribution is 6.05. The van der Waals surface area contributed by atoms with E-state index in [1.165, 1.54) is 0 Å². The molecule has 1 atom stereocenters. The topological polar surface area (TPSA) is 112 Å². The lowest BCUT2D eigenvalue weighted by atomic mass is 10.1. The molecule has 1 aliphatic rings. The third-order valence-electron chi connectivity index (χ3n) is 2.11. The standard InChI is InChI=1S/C8H8N2O6/c11-3-9-2-6(13)10(4-12)5(8(9)16)1-7(14)15/h3-5H,1-2H2,(H,14,15)/t5-/m0/s1. The van der Waals surface area contributed by atoms with Crippen molar-refractivity contribution < 1.29 is 29.1 Å². The smallest absolute Gasteiger partial charge is 0.306 e. The van der Waals surface area contributed by atoms with Crippen LogP contribution >= 0.6 is 0 Å². The van der Waals surface area contributed by atoms with E-state index < -0.39 is 36.8 Å². The summed E-state index contributed by atoms with van der Waals surface area (Å²) in [5.41, 5.74) is 0. The fourth-order valence-electron chi connectivity index (χ4n) is 1.36. The Kier molecular flexibility index (Phi) is 3.33. The zero-order valence-corrected chi connectivity index (χ0v) is 8.03. The molecule has 86 valence electrons. The molecular formula is C8H8N2O6. The molecule has 1 saturated heterocycles. The first-order valence-electron chi connectivity index (χ1n) is 4.25. The molecule has 1 heterocycles. The van der Waals surface area contributed by atoms with Crippen LogP contribution in [0, 0.1) is 0 Å². The predicted molar refractivity (Wildman–Crippen MR) is 46.7 cm³/mol. The van der Waals surface area contributed by atoms with Crippen LogP contribution in [0.5, 0.6) is 0 Å². The zero-order chi connectivity index (χ0) is 12.3. The molecule has 0 aromatic carbocycles. The Morgan fingerprint density at radius 2 is 2.00 bits per heavy atom. The maximum atomic E-state index is 11.5. The van der Waals surface area contributed by atoms with Gasteiger partial charge in [-0.2, -0.15) is 0 Å². The lowest BCUT2D eigenvalue weighted by Crippen LogP contribution is -2.59. The van der Waals surface area contributed by atoms with Gasteiger partial charge in [-0.1, -0.05) is 0 Å². The van der Waals surface area contributed by atoms with Crippen molar-refractivity contribution in [2.75, 3.05) is 6.54 Å². The van der Waals surface area contributed by atoms with Crippen LogP contribution in [0.25, 0.3) is 0 Å². The van der Waals surface area contributed by atoms with Crippen LogP contribution < -0.4 is 0 Å². The summed E-state index contributed by atoms with van der Waals surface area (Å²) in [5, 5.41) is 8.53. The first kappa shape index (κ1) is 11.8. The number of amides is 4. The fourth-order valence-corrected chi connectivity index (χ4v) is 1.36. The number of carbonyl (C=O) groups is 5. The largest absolute Gasteiger partial charge is 0.481 e. The SMILES string of the molecule is O=CN1CC(=O)N(C=O)[C@@H](CC(=O)O)C1=O. The second-order valence-electron chi connectivity index (χ2n) is 3.09. The lowest BCUT2D eigenvalue weighted by molar-refractivity contribution is -0.163. The van der Waals surface area contributed by atoms with Crippen LogP contribution in [-0.2, 0) is 24.0 Å². The summed E-state index contributed by atoms with van der Waals surface area (Å²) in [4.78, 5) is 55.3. The molecule has 1 aliphatic heterocycles. The number of aliphatic carboxylic acids is 1. The third kappa shape index (κ3) is 2.05. The minimum absolute atomic E-state index is 0.0932. The summed E-state index contributed by atoms with van der Waals surface area (Å²) >= 11 is 0. The van der Waals surface area contributed by atoms with Gasteiger partial charge in [-0.3, -0.25) is 33.8 Å². The van der Waals surface area contributed by atoms with E-state index in [1.54, 1.807) is 0 Å². The molecule has 0 unspecified atom stereocenters. The van der Waals surface area contributed by atoms with Crippen molar-refractivity contribution in [1.29, 1.82) is 0 Å². The molecule has 0 aromatic heterocycles. The minimum Gasteiger partial charge on any atom is -0.481 e. The molecule has 0 aliphatic carbocycles. The van der Waals surface area contributed by atoms with Gasteiger partial charge in [0.2, 0.25) is 18.7 Å². The normalized spacial score (nSPS) is 20.9. The molecule has 0 aromatic rings. The maximum Gasteiger partial charge on any atom is 0.306 e. The zero-order valence-electron chi connectivity index (χ0n) is 8.03. The molecule has 8 heteroatoms. The molecule has 0 radical (unpaired) electrons. The highest BCUT2D eigenvalue weighted by Gasteiger charge is 2.40. The molecule has 1 rings (SSSR count). The highest BCUT2D eigenvalue weighted by Crippen LogP contribution is 2.12. The van der Waals surface area contributed by atoms with Gasteiger partial charge in [-0.15, -0.1) is 0 Å². The van der Waals surface area contributed by atoms with Crippen molar-refractivity contribution >= 4 is 30.6 Å². The van der Waals surface area contributed by atoms with Gasteiger partial charge in [0.25, 0.3) is 5.91 Å². The molecule has 1 fully saturated rings. The fraction of sp³-hybridized carbons (Fsp3) is 0.375. The summed E-state index contributed by atoms with van der Waals surface area (Å²) in [7, 11) is 0. The Balaban J connectivity index is 2.99. The van der Waals surface area contributed by atoms with E-state index in [-0.39, 0.29) is 12.8 Å². The van der Waals surface area contributed by atoms with Crippen LogP contribution in [0.2, 0.25) is 0 Å². The Labute approximate surface area is 89.4 Å². The van der Waals surface area contributed by atoms with Crippen molar-refractivity contribution in [1.82, 2.24) is 9.80 Å². The van der Waals surface area contributed by atoms with Gasteiger partial charge in [0, 0.05) is 0 Å². The maximum absolute atomic E-state index is 11.5. The Morgan fingerprint density at radius 1 is 1.38 bits per heavy atom. The van der Waals surface area contributed by atoms with E-state index >= 15 is 0 Å². The number of carboxylic acids is 1. The van der Waals surface area contributed by atoms with Gasteiger partial charge in [0.05, 0.1) is 6.42 Å². The van der Waals surface area contributed by atoms with Crippen molar-refractivity contribution in [3.8, 4) is 0 Å². The van der Waals surface area contributed by atoms with E-state index in [1.807, 2.05) is 0 Å². The molecule has 0 saturated carbocycles. The van der Waals surface area contributed by atoms with Crippen molar-refractivity contribution in [3.05, 3.63) is 0 Å². The molecule has 8 nitrogen and oxygen atoms in total. The van der Waals surface area contributed by atoms with Crippen molar-refractivity contribution in [2.24, 2.45) is 0 Å². The van der Waals surface area contributed by atoms with E-state index in [0.29, 0.717) is 9.80 Å². The monoisotopic (exact) mass is 228 g/mol. The number of hydrogen-bond acceptors (Lipinski definition) is 5. The number of rotatable bonds is 4. The van der Waals surface area contributed by atoms with Gasteiger partial charge in [-0.25, -0.2) is 0 Å².